The van der Waals surface area contributed by atoms with Crippen LogP contribution in [0.4, 0.5) is 0 Å². The summed E-state index contributed by atoms with van der Waals surface area (Å²) in [5.41, 5.74) is 0.905. The predicted molar refractivity (Wildman–Crippen MR) is 74.2 cm³/mol. The van der Waals surface area contributed by atoms with E-state index in [0.29, 0.717) is 0 Å². The molecule has 1 aromatic heterocycles. The molecule has 0 bridgehead atoms. The molecule has 4 nitrogen and oxygen atoms in total. The van der Waals surface area contributed by atoms with Crippen LogP contribution in [0.15, 0.2) is 4.79 Å². The van der Waals surface area contributed by atoms with Gasteiger partial charge in [0.15, 0.2) is 0 Å². The topological polar surface area (TPSA) is 55.0 Å². The van der Waals surface area contributed by atoms with E-state index in [9.17, 15) is 4.79 Å². The molecular formula is C12H17IN2O2. The highest BCUT2D eigenvalue weighted by molar-refractivity contribution is 14.1. The van der Waals surface area contributed by atoms with Crippen molar-refractivity contribution < 1.29 is 4.74 Å². The van der Waals surface area contributed by atoms with Crippen LogP contribution in [-0.2, 0) is 17.6 Å². The number of halogens is 1. The van der Waals surface area contributed by atoms with Gasteiger partial charge in [0.25, 0.3) is 5.56 Å². The van der Waals surface area contributed by atoms with Crippen molar-refractivity contribution in [3.8, 4) is 0 Å². The summed E-state index contributed by atoms with van der Waals surface area (Å²) in [5.74, 6) is 0.769. The molecular weight excluding hydrogens is 331 g/mol. The number of H-pyrrole nitrogens is 1. The molecule has 2 heterocycles. The highest BCUT2D eigenvalue weighted by atomic mass is 127. The van der Waals surface area contributed by atoms with Crippen LogP contribution in [0.25, 0.3) is 0 Å². The highest BCUT2D eigenvalue weighted by Gasteiger charge is 2.18. The van der Waals surface area contributed by atoms with Crippen molar-refractivity contribution in [1.29, 1.82) is 0 Å². The maximum absolute atomic E-state index is 11.8. The van der Waals surface area contributed by atoms with Gasteiger partial charge in [-0.25, -0.2) is 4.98 Å². The standard InChI is InChI=1S/C12H17IN2O2/c1-2-4-9-11(13)12(16)15-10(14-9)7-8-5-3-6-17-8/h8H,2-7H2,1H3,(H,14,15,16). The first kappa shape index (κ1) is 13.0. The minimum Gasteiger partial charge on any atom is -0.378 e. The molecule has 0 aromatic carbocycles. The molecule has 1 aliphatic heterocycles. The maximum atomic E-state index is 11.8. The molecule has 0 spiro atoms. The number of hydrogen-bond donors (Lipinski definition) is 1. The van der Waals surface area contributed by atoms with E-state index in [1.54, 1.807) is 0 Å². The number of nitrogens with one attached hydrogen (secondary N) is 1. The number of aromatic nitrogens is 2. The third-order valence-electron chi connectivity index (χ3n) is 2.91. The number of aryl methyl sites for hydroxylation is 1. The van der Waals surface area contributed by atoms with Crippen LogP contribution in [0.3, 0.4) is 0 Å². The molecule has 0 amide bonds. The molecule has 1 aliphatic rings. The molecule has 1 saturated heterocycles. The molecule has 17 heavy (non-hydrogen) atoms. The minimum atomic E-state index is -0.0166. The lowest BCUT2D eigenvalue weighted by Crippen LogP contribution is -2.21. The zero-order chi connectivity index (χ0) is 12.3. The molecule has 5 heteroatoms. The van der Waals surface area contributed by atoms with Crippen molar-refractivity contribution in [1.82, 2.24) is 9.97 Å². The number of nitrogens with zero attached hydrogens (tertiary/aromatic N) is 1. The first-order chi connectivity index (χ1) is 8.20. The van der Waals surface area contributed by atoms with E-state index in [4.69, 9.17) is 4.74 Å². The van der Waals surface area contributed by atoms with Crippen molar-refractivity contribution in [2.45, 2.75) is 45.1 Å². The summed E-state index contributed by atoms with van der Waals surface area (Å²) in [7, 11) is 0. The summed E-state index contributed by atoms with van der Waals surface area (Å²) in [4.78, 5) is 19.2. The van der Waals surface area contributed by atoms with Gasteiger partial charge < -0.3 is 9.72 Å². The van der Waals surface area contributed by atoms with E-state index in [0.717, 1.165) is 53.8 Å². The molecule has 1 fully saturated rings. The van der Waals surface area contributed by atoms with E-state index in [-0.39, 0.29) is 11.7 Å². The van der Waals surface area contributed by atoms with E-state index in [1.807, 2.05) is 0 Å². The van der Waals surface area contributed by atoms with Gasteiger partial charge in [-0.2, -0.15) is 0 Å². The Hall–Kier alpha value is -0.430. The first-order valence-electron chi connectivity index (χ1n) is 6.10. The molecule has 0 radical (unpaired) electrons. The Kier molecular flexibility index (Phi) is 4.55. The second kappa shape index (κ2) is 5.95. The lowest BCUT2D eigenvalue weighted by atomic mass is 10.1. The summed E-state index contributed by atoms with van der Waals surface area (Å²) >= 11 is 2.07. The normalized spacial score (nSPS) is 19.8. The van der Waals surface area contributed by atoms with E-state index >= 15 is 0 Å². The van der Waals surface area contributed by atoms with E-state index < -0.39 is 0 Å². The Bertz CT molecular complexity index is 439. The predicted octanol–water partition coefficient (Wildman–Crippen LogP) is 2.05. The fraction of sp³-hybridized carbons (Fsp3) is 0.667. The smallest absolute Gasteiger partial charge is 0.264 e. The molecule has 94 valence electrons. The third kappa shape index (κ3) is 3.28. The van der Waals surface area contributed by atoms with Crippen LogP contribution >= 0.6 is 22.6 Å². The van der Waals surface area contributed by atoms with Crippen molar-refractivity contribution in [3.05, 3.63) is 25.4 Å². The van der Waals surface area contributed by atoms with Crippen LogP contribution in [0.5, 0.6) is 0 Å². The highest BCUT2D eigenvalue weighted by Crippen LogP contribution is 2.16. The summed E-state index contributed by atoms with van der Waals surface area (Å²) in [6.07, 6.45) is 5.00. The molecule has 1 unspecified atom stereocenters. The number of hydrogen-bond acceptors (Lipinski definition) is 3. The SMILES string of the molecule is CCCc1nc(CC2CCCO2)[nH]c(=O)c1I. The van der Waals surface area contributed by atoms with Crippen LogP contribution < -0.4 is 5.56 Å². The van der Waals surface area contributed by atoms with Gasteiger partial charge in [-0.1, -0.05) is 13.3 Å². The van der Waals surface area contributed by atoms with E-state index in [2.05, 4.69) is 39.5 Å². The summed E-state index contributed by atoms with van der Waals surface area (Å²) < 4.78 is 6.29. The largest absolute Gasteiger partial charge is 0.378 e. The Morgan fingerprint density at radius 1 is 1.59 bits per heavy atom. The molecule has 0 saturated carbocycles. The van der Waals surface area contributed by atoms with Gasteiger partial charge in [-0.15, -0.1) is 0 Å². The van der Waals surface area contributed by atoms with Crippen molar-refractivity contribution in [3.63, 3.8) is 0 Å². The summed E-state index contributed by atoms with van der Waals surface area (Å²) in [6.45, 7) is 2.93. The number of rotatable bonds is 4. The first-order valence-corrected chi connectivity index (χ1v) is 7.17. The van der Waals surface area contributed by atoms with Crippen molar-refractivity contribution >= 4 is 22.6 Å². The second-order valence-corrected chi connectivity index (χ2v) is 5.44. The Labute approximate surface area is 114 Å². The quantitative estimate of drug-likeness (QED) is 0.848. The lowest BCUT2D eigenvalue weighted by molar-refractivity contribution is 0.109. The van der Waals surface area contributed by atoms with Gasteiger partial charge >= 0.3 is 0 Å². The minimum absolute atomic E-state index is 0.0166. The van der Waals surface area contributed by atoms with Crippen LogP contribution in [0.1, 0.15) is 37.7 Å². The Morgan fingerprint density at radius 2 is 2.41 bits per heavy atom. The van der Waals surface area contributed by atoms with Crippen molar-refractivity contribution in [2.75, 3.05) is 6.61 Å². The second-order valence-electron chi connectivity index (χ2n) is 4.36. The summed E-state index contributed by atoms with van der Waals surface area (Å²) in [5, 5.41) is 0. The van der Waals surface area contributed by atoms with Crippen LogP contribution in [0, 0.1) is 3.57 Å². The van der Waals surface area contributed by atoms with Gasteiger partial charge in [0.1, 0.15) is 5.82 Å². The van der Waals surface area contributed by atoms with Crippen molar-refractivity contribution in [2.24, 2.45) is 0 Å². The van der Waals surface area contributed by atoms with Gasteiger partial charge in [-0.05, 0) is 41.9 Å². The van der Waals surface area contributed by atoms with Gasteiger partial charge in [-0.3, -0.25) is 4.79 Å². The fourth-order valence-electron chi connectivity index (χ4n) is 2.08. The zero-order valence-electron chi connectivity index (χ0n) is 9.96. The van der Waals surface area contributed by atoms with Crippen LogP contribution in [-0.4, -0.2) is 22.7 Å². The van der Waals surface area contributed by atoms with Gasteiger partial charge in [0.2, 0.25) is 0 Å². The Balaban J connectivity index is 2.19. The third-order valence-corrected chi connectivity index (χ3v) is 4.02. The zero-order valence-corrected chi connectivity index (χ0v) is 12.1. The van der Waals surface area contributed by atoms with E-state index in [1.165, 1.54) is 0 Å². The van der Waals surface area contributed by atoms with Gasteiger partial charge in [0.05, 0.1) is 15.4 Å². The average Bonchev–Trinajstić information content (AvgIpc) is 2.78. The number of aromatic amines is 1. The molecule has 1 N–H and O–H groups in total. The molecule has 2 rings (SSSR count). The lowest BCUT2D eigenvalue weighted by Gasteiger charge is -2.10. The molecule has 0 aliphatic carbocycles. The maximum Gasteiger partial charge on any atom is 0.264 e. The monoisotopic (exact) mass is 348 g/mol. The molecule has 1 aromatic rings. The van der Waals surface area contributed by atoms with Crippen LogP contribution in [0.2, 0.25) is 0 Å². The Morgan fingerprint density at radius 3 is 3.06 bits per heavy atom. The average molecular weight is 348 g/mol. The van der Waals surface area contributed by atoms with Gasteiger partial charge in [0, 0.05) is 13.0 Å². The fourth-order valence-corrected chi connectivity index (χ4v) is 2.60. The summed E-state index contributed by atoms with van der Waals surface area (Å²) in [6, 6.07) is 0. The molecule has 1 atom stereocenters. The number of ether oxygens (including phenoxy) is 1.